The fourth-order valence-electron chi connectivity index (χ4n) is 2.68. The monoisotopic (exact) mass is 658 g/mol. The molecular weight excluding hydrogens is 654 g/mol. The molecule has 0 fully saturated rings. The van der Waals surface area contributed by atoms with Crippen LogP contribution >= 0.6 is 63.7 Å². The van der Waals surface area contributed by atoms with Crippen LogP contribution in [-0.4, -0.2) is 5.78 Å². The smallest absolute Gasteiger partial charge is 0.288 e. The summed E-state index contributed by atoms with van der Waals surface area (Å²) >= 11 is 11.6. The zero-order chi connectivity index (χ0) is 21.4. The molecule has 28 heavy (non-hydrogen) atoms. The molecule has 0 bridgehead atoms. The van der Waals surface area contributed by atoms with E-state index in [4.69, 9.17) is 0 Å². The summed E-state index contributed by atoms with van der Waals surface area (Å²) in [6, 6.07) is 4.70. The molecule has 0 aliphatic heterocycles. The highest BCUT2D eigenvalue weighted by Crippen LogP contribution is 2.44. The Morgan fingerprint density at radius 2 is 1.04 bits per heavy atom. The molecular formula is C17H8Br4F6O. The molecule has 152 valence electrons. The van der Waals surface area contributed by atoms with Crippen molar-refractivity contribution in [3.63, 3.8) is 0 Å². The first-order valence-corrected chi connectivity index (χ1v) is 11.1. The molecule has 2 rings (SSSR count). The second kappa shape index (κ2) is 8.77. The van der Waals surface area contributed by atoms with Crippen LogP contribution in [0.3, 0.4) is 0 Å². The molecule has 0 atom stereocenters. The summed E-state index contributed by atoms with van der Waals surface area (Å²) in [7, 11) is 0. The SMILES string of the molecule is O=C(c1c(Br)ccc(CBr)c1C(F)(F)F)c1c(Br)ccc(CBr)c1C(F)(F)F. The molecule has 0 spiro atoms. The first-order valence-electron chi connectivity index (χ1n) is 7.28. The van der Waals surface area contributed by atoms with Gasteiger partial charge in [0.05, 0.1) is 11.1 Å². The number of rotatable bonds is 4. The molecule has 1 nitrogen and oxygen atoms in total. The number of carbonyl (C=O) groups excluding carboxylic acids is 1. The second-order valence-corrected chi connectivity index (χ2v) is 8.34. The third-order valence-corrected chi connectivity index (χ3v) is 6.32. The van der Waals surface area contributed by atoms with Crippen LogP contribution in [0.2, 0.25) is 0 Å². The zero-order valence-electron chi connectivity index (χ0n) is 13.4. The van der Waals surface area contributed by atoms with Crippen molar-refractivity contribution in [3.05, 3.63) is 66.6 Å². The quantitative estimate of drug-likeness (QED) is 0.183. The van der Waals surface area contributed by atoms with Crippen LogP contribution in [0.15, 0.2) is 33.2 Å². The van der Waals surface area contributed by atoms with Crippen molar-refractivity contribution in [2.75, 3.05) is 0 Å². The van der Waals surface area contributed by atoms with Gasteiger partial charge in [0.2, 0.25) is 0 Å². The lowest BCUT2D eigenvalue weighted by Gasteiger charge is -2.21. The van der Waals surface area contributed by atoms with Gasteiger partial charge in [0.25, 0.3) is 0 Å². The molecule has 0 aliphatic carbocycles. The summed E-state index contributed by atoms with van der Waals surface area (Å²) in [5.41, 5.74) is -4.84. The van der Waals surface area contributed by atoms with Crippen LogP contribution in [0.5, 0.6) is 0 Å². The Bertz CT molecular complexity index is 848. The van der Waals surface area contributed by atoms with Crippen molar-refractivity contribution in [1.82, 2.24) is 0 Å². The number of hydrogen-bond donors (Lipinski definition) is 0. The van der Waals surface area contributed by atoms with Crippen molar-refractivity contribution in [2.24, 2.45) is 0 Å². The second-order valence-electron chi connectivity index (χ2n) is 5.50. The van der Waals surface area contributed by atoms with Crippen LogP contribution in [0, 0.1) is 0 Å². The van der Waals surface area contributed by atoms with Gasteiger partial charge in [-0.25, -0.2) is 0 Å². The third-order valence-electron chi connectivity index (χ3n) is 3.79. The highest BCUT2D eigenvalue weighted by molar-refractivity contribution is 9.11. The lowest BCUT2D eigenvalue weighted by molar-refractivity contribution is -0.138. The van der Waals surface area contributed by atoms with Gasteiger partial charge < -0.3 is 0 Å². The van der Waals surface area contributed by atoms with E-state index in [1.165, 1.54) is 12.1 Å². The van der Waals surface area contributed by atoms with Gasteiger partial charge in [0.1, 0.15) is 0 Å². The minimum Gasteiger partial charge on any atom is -0.288 e. The normalized spacial score (nSPS) is 12.4. The molecule has 0 heterocycles. The van der Waals surface area contributed by atoms with E-state index >= 15 is 0 Å². The maximum absolute atomic E-state index is 13.7. The Labute approximate surface area is 189 Å². The van der Waals surface area contributed by atoms with E-state index in [-0.39, 0.29) is 30.7 Å². The molecule has 0 amide bonds. The predicted molar refractivity (Wildman–Crippen MR) is 107 cm³/mol. The predicted octanol–water partition coefficient (Wildman–Crippen LogP) is 8.27. The van der Waals surface area contributed by atoms with Gasteiger partial charge in [-0.05, 0) is 23.3 Å². The maximum Gasteiger partial charge on any atom is 0.417 e. The molecule has 0 saturated heterocycles. The molecule has 0 radical (unpaired) electrons. The molecule has 11 heteroatoms. The number of carbonyl (C=O) groups is 1. The van der Waals surface area contributed by atoms with E-state index in [2.05, 4.69) is 63.7 Å². The zero-order valence-corrected chi connectivity index (χ0v) is 19.8. The van der Waals surface area contributed by atoms with Gasteiger partial charge in [0, 0.05) is 30.7 Å². The minimum atomic E-state index is -4.95. The van der Waals surface area contributed by atoms with Crippen molar-refractivity contribution < 1.29 is 31.1 Å². The first-order chi connectivity index (χ1) is 12.8. The molecule has 2 aromatic rings. The highest BCUT2D eigenvalue weighted by atomic mass is 79.9. The average Bonchev–Trinajstić information content (AvgIpc) is 2.58. The van der Waals surface area contributed by atoms with Crippen LogP contribution in [-0.2, 0) is 23.0 Å². The Balaban J connectivity index is 2.94. The Morgan fingerprint density at radius 3 is 1.29 bits per heavy atom. The van der Waals surface area contributed by atoms with E-state index in [0.717, 1.165) is 12.1 Å². The average molecular weight is 662 g/mol. The van der Waals surface area contributed by atoms with Gasteiger partial charge in [-0.1, -0.05) is 75.9 Å². The number of alkyl halides is 8. The molecule has 2 aromatic carbocycles. The van der Waals surface area contributed by atoms with Gasteiger partial charge >= 0.3 is 12.4 Å². The minimum absolute atomic E-state index is 0.232. The van der Waals surface area contributed by atoms with E-state index in [0.29, 0.717) is 0 Å². The van der Waals surface area contributed by atoms with Crippen molar-refractivity contribution >= 4 is 69.5 Å². The fraction of sp³-hybridized carbons (Fsp3) is 0.235. The number of benzene rings is 2. The standard InChI is InChI=1S/C17H8Br4F6O/c18-5-7-1-3-9(20)11(13(7)16(22,23)24)15(28)12-10(21)4-2-8(6-19)14(12)17(25,26)27/h1-4H,5-6H2. The number of halogens is 10. The molecule has 0 aromatic heterocycles. The van der Waals surface area contributed by atoms with Gasteiger partial charge in [-0.15, -0.1) is 0 Å². The maximum atomic E-state index is 13.7. The molecule has 0 aliphatic rings. The van der Waals surface area contributed by atoms with Crippen LogP contribution in [0.25, 0.3) is 0 Å². The number of hydrogen-bond acceptors (Lipinski definition) is 1. The lowest BCUT2D eigenvalue weighted by Crippen LogP contribution is -2.21. The first kappa shape index (κ1) is 23.9. The summed E-state index contributed by atoms with van der Waals surface area (Å²) in [6.07, 6.45) is -9.90. The van der Waals surface area contributed by atoms with E-state index in [1.807, 2.05) is 0 Å². The fourth-order valence-corrected chi connectivity index (χ4v) is 4.64. The van der Waals surface area contributed by atoms with Crippen LogP contribution in [0.1, 0.15) is 38.2 Å². The summed E-state index contributed by atoms with van der Waals surface area (Å²) < 4.78 is 81.7. The van der Waals surface area contributed by atoms with E-state index < -0.39 is 40.4 Å². The summed E-state index contributed by atoms with van der Waals surface area (Å²) in [5, 5.41) is -0.464. The van der Waals surface area contributed by atoms with Crippen LogP contribution < -0.4 is 0 Å². The van der Waals surface area contributed by atoms with Crippen molar-refractivity contribution in [3.8, 4) is 0 Å². The largest absolute Gasteiger partial charge is 0.417 e. The lowest BCUT2D eigenvalue weighted by atomic mass is 9.90. The van der Waals surface area contributed by atoms with Crippen LogP contribution in [0.4, 0.5) is 26.3 Å². The van der Waals surface area contributed by atoms with E-state index in [9.17, 15) is 31.1 Å². The Hall–Kier alpha value is -0.390. The van der Waals surface area contributed by atoms with Gasteiger partial charge in [-0.3, -0.25) is 4.79 Å². The van der Waals surface area contributed by atoms with Crippen molar-refractivity contribution in [2.45, 2.75) is 23.0 Å². The summed E-state index contributed by atoms with van der Waals surface area (Å²) in [4.78, 5) is 13.1. The van der Waals surface area contributed by atoms with E-state index in [1.54, 1.807) is 0 Å². The molecule has 0 saturated carbocycles. The Morgan fingerprint density at radius 1 is 0.714 bits per heavy atom. The molecule has 0 unspecified atom stereocenters. The van der Waals surface area contributed by atoms with Gasteiger partial charge in [0.15, 0.2) is 5.78 Å². The van der Waals surface area contributed by atoms with Gasteiger partial charge in [-0.2, -0.15) is 26.3 Å². The molecule has 0 N–H and O–H groups in total. The Kier molecular flexibility index (Phi) is 7.48. The third kappa shape index (κ3) is 4.67. The topological polar surface area (TPSA) is 17.1 Å². The number of ketones is 1. The summed E-state index contributed by atoms with van der Waals surface area (Å²) in [5.74, 6) is -1.39. The highest BCUT2D eigenvalue weighted by Gasteiger charge is 2.43. The summed E-state index contributed by atoms with van der Waals surface area (Å²) in [6.45, 7) is 0. The van der Waals surface area contributed by atoms with Crippen molar-refractivity contribution in [1.29, 1.82) is 0 Å².